The molecule has 0 aliphatic carbocycles. The minimum Gasteiger partial charge on any atom is -0.377 e. The third kappa shape index (κ3) is 10.5. The molecule has 0 unspecified atom stereocenters. The zero-order valence-corrected chi connectivity index (χ0v) is 28.2. The summed E-state index contributed by atoms with van der Waals surface area (Å²) in [7, 11) is 0.563. The van der Waals surface area contributed by atoms with Gasteiger partial charge in [0.2, 0.25) is 0 Å². The Balaban J connectivity index is 0. The molecule has 0 bridgehead atoms. The van der Waals surface area contributed by atoms with E-state index in [1.54, 1.807) is 0 Å². The largest absolute Gasteiger partial charge is 0.500 e. The molecule has 292 valence electrons. The van der Waals surface area contributed by atoms with Gasteiger partial charge >= 0.3 is 64.7 Å². The standard InChI is InChI=1S/C22H35F10N3O10Si2.2CH4/c1-18(23,24)20(27,28)22(31,32)45-21(29,30)19(25,26)14-35-16(37)33(10-8-12-46(39-2,40-3)41-4)15(36)34(17(35)38)11-9-13-47(42-5,43-6)44-7;;/h8-14H2,1-7H3;2*1H4. The van der Waals surface area contributed by atoms with Crippen LogP contribution in [0.5, 0.6) is 0 Å². The molecule has 0 aliphatic heterocycles. The molecule has 0 radical (unpaired) electrons. The van der Waals surface area contributed by atoms with Crippen LogP contribution in [0, 0.1) is 0 Å². The van der Waals surface area contributed by atoms with Crippen LogP contribution in [0.25, 0.3) is 0 Å². The highest BCUT2D eigenvalue weighted by molar-refractivity contribution is 6.60. The average Bonchev–Trinajstić information content (AvgIpc) is 2.98. The summed E-state index contributed by atoms with van der Waals surface area (Å²) in [5.41, 5.74) is -5.31. The second-order valence-corrected chi connectivity index (χ2v) is 16.0. The third-order valence-electron chi connectivity index (χ3n) is 6.94. The predicted molar refractivity (Wildman–Crippen MR) is 157 cm³/mol. The van der Waals surface area contributed by atoms with Crippen LogP contribution in [0.1, 0.15) is 34.6 Å². The summed E-state index contributed by atoms with van der Waals surface area (Å²) in [4.78, 5) is 39.3. The van der Waals surface area contributed by atoms with Crippen LogP contribution >= 0.6 is 0 Å². The van der Waals surface area contributed by atoms with E-state index in [2.05, 4.69) is 4.74 Å². The van der Waals surface area contributed by atoms with E-state index in [9.17, 15) is 58.3 Å². The van der Waals surface area contributed by atoms with E-state index in [4.69, 9.17) is 26.6 Å². The van der Waals surface area contributed by atoms with Crippen LogP contribution in [-0.4, -0.2) is 104 Å². The molecule has 1 rings (SSSR count). The maximum atomic E-state index is 14.8. The number of aromatic nitrogens is 3. The van der Waals surface area contributed by atoms with Gasteiger partial charge in [-0.15, -0.1) is 0 Å². The molecule has 0 amide bonds. The lowest BCUT2D eigenvalue weighted by molar-refractivity contribution is -0.485. The van der Waals surface area contributed by atoms with Crippen LogP contribution in [0.4, 0.5) is 43.9 Å². The van der Waals surface area contributed by atoms with Crippen LogP contribution in [0.3, 0.4) is 0 Å². The molecule has 13 nitrogen and oxygen atoms in total. The normalized spacial score (nSPS) is 13.7. The van der Waals surface area contributed by atoms with Crippen molar-refractivity contribution in [2.24, 2.45) is 0 Å². The van der Waals surface area contributed by atoms with E-state index >= 15 is 0 Å². The van der Waals surface area contributed by atoms with Crippen molar-refractivity contribution < 1.29 is 75.2 Å². The summed E-state index contributed by atoms with van der Waals surface area (Å²) in [5.74, 6) is -18.6. The van der Waals surface area contributed by atoms with Crippen molar-refractivity contribution in [3.63, 3.8) is 0 Å². The van der Waals surface area contributed by atoms with E-state index in [0.29, 0.717) is 0 Å². The molecule has 0 saturated carbocycles. The molecular weight excluding hydrogens is 736 g/mol. The number of nitrogens with zero attached hydrogens (tertiary/aromatic N) is 3. The Kier molecular flexibility index (Phi) is 17.9. The molecular formula is C24H43F10N3O10Si2. The van der Waals surface area contributed by atoms with Gasteiger partial charge < -0.3 is 26.6 Å². The minimum absolute atomic E-state index is 0. The van der Waals surface area contributed by atoms with Gasteiger partial charge in [-0.2, -0.15) is 43.9 Å². The van der Waals surface area contributed by atoms with Crippen molar-refractivity contribution >= 4 is 17.6 Å². The molecule has 0 atom stereocenters. The average molecular weight is 780 g/mol. The van der Waals surface area contributed by atoms with Crippen molar-refractivity contribution in [2.75, 3.05) is 42.7 Å². The molecule has 0 spiro atoms. The monoisotopic (exact) mass is 779 g/mol. The molecule has 0 aliphatic rings. The first kappa shape index (κ1) is 49.0. The van der Waals surface area contributed by atoms with Crippen LogP contribution in [0.2, 0.25) is 12.1 Å². The summed E-state index contributed by atoms with van der Waals surface area (Å²) in [6.45, 7) is -5.02. The van der Waals surface area contributed by atoms with Crippen molar-refractivity contribution in [2.45, 2.75) is 96.3 Å². The fourth-order valence-electron chi connectivity index (χ4n) is 4.07. The minimum atomic E-state index is -6.89. The predicted octanol–water partition coefficient (Wildman–Crippen LogP) is 4.11. The molecule has 1 aromatic heterocycles. The van der Waals surface area contributed by atoms with Crippen molar-refractivity contribution in [1.82, 2.24) is 13.7 Å². The number of halogens is 10. The van der Waals surface area contributed by atoms with Gasteiger partial charge in [0.15, 0.2) is 0 Å². The Morgan fingerprint density at radius 3 is 1.14 bits per heavy atom. The summed E-state index contributed by atoms with van der Waals surface area (Å²) in [5, 5.41) is 0. The van der Waals surface area contributed by atoms with Gasteiger partial charge in [0.25, 0.3) is 0 Å². The Bertz CT molecular complexity index is 1280. The molecule has 49 heavy (non-hydrogen) atoms. The molecule has 0 aromatic carbocycles. The van der Waals surface area contributed by atoms with Crippen molar-refractivity contribution in [3.8, 4) is 0 Å². The fourth-order valence-corrected chi connectivity index (χ4v) is 7.47. The molecule has 0 fully saturated rings. The van der Waals surface area contributed by atoms with Gasteiger partial charge in [0.1, 0.15) is 6.54 Å². The molecule has 0 N–H and O–H groups in total. The summed E-state index contributed by atoms with van der Waals surface area (Å²) < 4.78 is 172. The van der Waals surface area contributed by atoms with E-state index in [1.807, 2.05) is 0 Å². The highest BCUT2D eigenvalue weighted by Crippen LogP contribution is 2.50. The molecule has 1 heterocycles. The molecule has 25 heteroatoms. The second-order valence-electron chi connectivity index (χ2n) is 9.84. The Morgan fingerprint density at radius 1 is 0.551 bits per heavy atom. The topological polar surface area (TPSA) is 131 Å². The number of hydrogen-bond acceptors (Lipinski definition) is 10. The number of alkyl halides is 10. The quantitative estimate of drug-likeness (QED) is 0.133. The van der Waals surface area contributed by atoms with Gasteiger partial charge in [-0.3, -0.25) is 0 Å². The smallest absolute Gasteiger partial charge is 0.377 e. The highest BCUT2D eigenvalue weighted by atomic mass is 28.4. The first-order valence-electron chi connectivity index (χ1n) is 13.2. The van der Waals surface area contributed by atoms with Gasteiger partial charge in [0, 0.05) is 74.8 Å². The lowest BCUT2D eigenvalue weighted by Gasteiger charge is -2.34. The number of rotatable bonds is 21. The molecule has 0 saturated heterocycles. The van der Waals surface area contributed by atoms with Crippen LogP contribution < -0.4 is 17.1 Å². The Morgan fingerprint density at radius 2 is 0.857 bits per heavy atom. The first-order valence-corrected chi connectivity index (χ1v) is 17.0. The lowest BCUT2D eigenvalue weighted by Crippen LogP contribution is -2.61. The van der Waals surface area contributed by atoms with Crippen LogP contribution in [-0.2, 0) is 50.9 Å². The summed E-state index contributed by atoms with van der Waals surface area (Å²) in [6, 6.07) is -0.225. The zero-order valence-electron chi connectivity index (χ0n) is 26.2. The van der Waals surface area contributed by atoms with Gasteiger partial charge in [-0.05, 0) is 12.8 Å². The van der Waals surface area contributed by atoms with E-state index < -0.39 is 95.8 Å². The van der Waals surface area contributed by atoms with E-state index in [1.165, 1.54) is 42.7 Å². The summed E-state index contributed by atoms with van der Waals surface area (Å²) in [6.07, 6.45) is -14.0. The van der Waals surface area contributed by atoms with E-state index in [-0.39, 0.29) is 48.9 Å². The van der Waals surface area contributed by atoms with Gasteiger partial charge in [-0.1, -0.05) is 14.9 Å². The SMILES string of the molecule is C.C.CO[Si](CCCn1c(=O)n(CCC[Si](OC)(OC)OC)c(=O)n(CC(F)(F)C(F)(F)OC(F)(F)C(F)(F)C(C)(F)F)c1=O)(OC)OC. The summed E-state index contributed by atoms with van der Waals surface area (Å²) >= 11 is 0. The number of hydrogen-bond donors (Lipinski definition) is 0. The maximum Gasteiger partial charge on any atom is 0.500 e. The maximum absolute atomic E-state index is 14.8. The zero-order chi connectivity index (χ0) is 36.9. The number of ether oxygens (including phenoxy) is 1. The third-order valence-corrected chi connectivity index (χ3v) is 12.6. The van der Waals surface area contributed by atoms with E-state index in [0.717, 1.165) is 0 Å². The van der Waals surface area contributed by atoms with Crippen LogP contribution in [0.15, 0.2) is 14.4 Å². The van der Waals surface area contributed by atoms with Gasteiger partial charge in [0.05, 0.1) is 0 Å². The molecule has 1 aromatic rings. The second kappa shape index (κ2) is 17.9. The Hall–Kier alpha value is -2.14. The van der Waals surface area contributed by atoms with Crippen molar-refractivity contribution in [1.29, 1.82) is 0 Å². The first-order chi connectivity index (χ1) is 21.3. The lowest BCUT2D eigenvalue weighted by atomic mass is 10.2. The highest BCUT2D eigenvalue weighted by Gasteiger charge is 2.75. The fraction of sp³-hybridized carbons (Fsp3) is 0.875. The Labute approximate surface area is 277 Å². The van der Waals surface area contributed by atoms with Crippen molar-refractivity contribution in [3.05, 3.63) is 31.5 Å². The van der Waals surface area contributed by atoms with Gasteiger partial charge in [-0.25, -0.2) is 32.8 Å².